The molecule has 0 amide bonds. The predicted molar refractivity (Wildman–Crippen MR) is 133 cm³/mol. The Kier molecular flexibility index (Phi) is 5.88. The number of nitrogens with one attached hydrogen (secondary N) is 2. The predicted octanol–water partition coefficient (Wildman–Crippen LogP) is 5.63. The summed E-state index contributed by atoms with van der Waals surface area (Å²) >= 11 is 0. The number of phenols is 1. The molecule has 1 aliphatic carbocycles. The second kappa shape index (κ2) is 9.14. The molecule has 1 aliphatic heterocycles. The smallest absolute Gasteiger partial charge is 0.161 e. The van der Waals surface area contributed by atoms with Gasteiger partial charge in [0, 0.05) is 18.0 Å². The number of ketones is 1. The maximum absolute atomic E-state index is 13.7. The van der Waals surface area contributed by atoms with Crippen LogP contribution in [0.1, 0.15) is 36.4 Å². The van der Waals surface area contributed by atoms with Crippen LogP contribution in [0, 0.1) is 5.92 Å². The first-order chi connectivity index (χ1) is 16.6. The number of aromatic hydroxyl groups is 1. The lowest BCUT2D eigenvalue weighted by atomic mass is 9.76. The lowest BCUT2D eigenvalue weighted by Gasteiger charge is -2.32. The van der Waals surface area contributed by atoms with Crippen LogP contribution in [0.5, 0.6) is 17.2 Å². The fourth-order valence-corrected chi connectivity index (χ4v) is 4.84. The highest BCUT2D eigenvalue weighted by molar-refractivity contribution is 5.90. The van der Waals surface area contributed by atoms with Crippen molar-refractivity contribution in [1.29, 1.82) is 0 Å². The van der Waals surface area contributed by atoms with Gasteiger partial charge in [-0.25, -0.2) is 0 Å². The first-order valence-electron chi connectivity index (χ1n) is 11.5. The van der Waals surface area contributed by atoms with Gasteiger partial charge in [-0.1, -0.05) is 36.4 Å². The van der Waals surface area contributed by atoms with E-state index < -0.39 is 5.92 Å². The van der Waals surface area contributed by atoms with Crippen molar-refractivity contribution in [3.63, 3.8) is 0 Å². The van der Waals surface area contributed by atoms with E-state index >= 15 is 0 Å². The lowest BCUT2D eigenvalue weighted by Crippen LogP contribution is -2.33. The summed E-state index contributed by atoms with van der Waals surface area (Å²) in [7, 11) is 1.64. The molecule has 3 aromatic carbocycles. The van der Waals surface area contributed by atoms with Gasteiger partial charge in [0.25, 0.3) is 0 Å². The van der Waals surface area contributed by atoms with Gasteiger partial charge in [-0.2, -0.15) is 0 Å². The van der Waals surface area contributed by atoms with Crippen LogP contribution in [0.3, 0.4) is 0 Å². The minimum absolute atomic E-state index is 0.0260. The van der Waals surface area contributed by atoms with Crippen LogP contribution in [-0.2, 0) is 4.79 Å². The van der Waals surface area contributed by atoms with Crippen molar-refractivity contribution >= 4 is 17.2 Å². The van der Waals surface area contributed by atoms with E-state index in [2.05, 4.69) is 16.7 Å². The molecule has 0 fully saturated rings. The molecule has 0 spiro atoms. The van der Waals surface area contributed by atoms with E-state index in [1.807, 2.05) is 67.6 Å². The molecule has 6 nitrogen and oxygen atoms in total. The molecule has 0 aromatic heterocycles. The topological polar surface area (TPSA) is 79.8 Å². The molecular weight excluding hydrogens is 428 g/mol. The number of hydrogen-bond donors (Lipinski definition) is 3. The highest BCUT2D eigenvalue weighted by atomic mass is 16.5. The number of Topliss-reactive ketones (excluding diaryl/α,β-unsaturated/α-hetero) is 1. The number of anilines is 2. The minimum atomic E-state index is -0.402. The summed E-state index contributed by atoms with van der Waals surface area (Å²) in [6.45, 7) is 2.32. The van der Waals surface area contributed by atoms with Crippen molar-refractivity contribution in [3.05, 3.63) is 89.6 Å². The first-order valence-corrected chi connectivity index (χ1v) is 11.5. The van der Waals surface area contributed by atoms with Crippen LogP contribution in [-0.4, -0.2) is 24.6 Å². The van der Waals surface area contributed by atoms with Crippen molar-refractivity contribution in [3.8, 4) is 17.2 Å². The average Bonchev–Trinajstić information content (AvgIpc) is 3.02. The van der Waals surface area contributed by atoms with Crippen molar-refractivity contribution < 1.29 is 19.4 Å². The van der Waals surface area contributed by atoms with Crippen molar-refractivity contribution in [2.45, 2.75) is 25.3 Å². The van der Waals surface area contributed by atoms with E-state index in [1.165, 1.54) is 0 Å². The molecule has 3 aromatic rings. The molecule has 34 heavy (non-hydrogen) atoms. The maximum atomic E-state index is 13.7. The van der Waals surface area contributed by atoms with Gasteiger partial charge in [-0.3, -0.25) is 4.79 Å². The van der Waals surface area contributed by atoms with Crippen LogP contribution in [0.2, 0.25) is 0 Å². The number of carbonyl (C=O) groups excluding carboxylic acids is 1. The van der Waals surface area contributed by atoms with Gasteiger partial charge >= 0.3 is 0 Å². The Balaban J connectivity index is 1.59. The first kappa shape index (κ1) is 21.9. The van der Waals surface area contributed by atoms with Gasteiger partial charge in [0.05, 0.1) is 37.1 Å². The number of benzene rings is 3. The summed E-state index contributed by atoms with van der Waals surface area (Å²) in [4.78, 5) is 13.7. The standard InChI is InChI=1S/C28H28N2O4/c1-3-34-26-16-18(10-13-24(26)31)28-27-23(29-21-6-4-5-7-22(21)30-28)14-19(15-25(27)32)17-8-11-20(33-2)12-9-17/h4-14,16,19,27-31H,3,15H2,1-2H3. The molecule has 0 bridgehead atoms. The number of methoxy groups -OCH3 is 1. The number of ether oxygens (including phenoxy) is 2. The van der Waals surface area contributed by atoms with Gasteiger partial charge in [-0.05, 0) is 54.4 Å². The van der Waals surface area contributed by atoms with Gasteiger partial charge in [-0.15, -0.1) is 0 Å². The zero-order valence-electron chi connectivity index (χ0n) is 19.2. The van der Waals surface area contributed by atoms with Gasteiger partial charge in [0.2, 0.25) is 0 Å². The molecule has 0 saturated heterocycles. The largest absolute Gasteiger partial charge is 0.504 e. The van der Waals surface area contributed by atoms with Gasteiger partial charge < -0.3 is 25.2 Å². The second-order valence-electron chi connectivity index (χ2n) is 8.60. The molecule has 0 radical (unpaired) electrons. The summed E-state index contributed by atoms with van der Waals surface area (Å²) in [6, 6.07) is 20.8. The Bertz CT molecular complexity index is 1240. The zero-order valence-corrected chi connectivity index (χ0v) is 19.2. The quantitative estimate of drug-likeness (QED) is 0.461. The third-order valence-corrected chi connectivity index (χ3v) is 6.52. The molecular formula is C28H28N2O4. The second-order valence-corrected chi connectivity index (χ2v) is 8.60. The molecule has 3 N–H and O–H groups in total. The normalized spacial score (nSPS) is 21.2. The Morgan fingerprint density at radius 2 is 1.74 bits per heavy atom. The van der Waals surface area contributed by atoms with Crippen LogP contribution < -0.4 is 20.1 Å². The van der Waals surface area contributed by atoms with E-state index in [4.69, 9.17) is 9.47 Å². The number of rotatable bonds is 5. The Morgan fingerprint density at radius 1 is 1.00 bits per heavy atom. The molecule has 3 unspecified atom stereocenters. The van der Waals surface area contributed by atoms with Gasteiger partial charge in [0.1, 0.15) is 11.5 Å². The van der Waals surface area contributed by atoms with Crippen LogP contribution >= 0.6 is 0 Å². The van der Waals surface area contributed by atoms with E-state index in [0.29, 0.717) is 18.8 Å². The Morgan fingerprint density at radius 3 is 2.47 bits per heavy atom. The van der Waals surface area contributed by atoms with Crippen LogP contribution in [0.15, 0.2) is 78.5 Å². The lowest BCUT2D eigenvalue weighted by molar-refractivity contribution is -0.122. The van der Waals surface area contributed by atoms with Crippen molar-refractivity contribution in [2.24, 2.45) is 5.92 Å². The Hall–Kier alpha value is -3.93. The van der Waals surface area contributed by atoms with Crippen LogP contribution in [0.25, 0.3) is 0 Å². The summed E-state index contributed by atoms with van der Waals surface area (Å²) in [5.74, 6) is 1.02. The van der Waals surface area contributed by atoms with Gasteiger partial charge in [0.15, 0.2) is 11.5 Å². The number of allylic oxidation sites excluding steroid dienone is 1. The monoisotopic (exact) mass is 456 g/mol. The highest BCUT2D eigenvalue weighted by Gasteiger charge is 2.40. The number of hydrogen-bond acceptors (Lipinski definition) is 6. The number of carbonyl (C=O) groups is 1. The summed E-state index contributed by atoms with van der Waals surface area (Å²) in [5, 5.41) is 17.3. The van der Waals surface area contributed by atoms with Crippen molar-refractivity contribution in [1.82, 2.24) is 0 Å². The molecule has 0 saturated carbocycles. The molecule has 2 aliphatic rings. The highest BCUT2D eigenvalue weighted by Crippen LogP contribution is 2.45. The molecule has 5 rings (SSSR count). The number of para-hydroxylation sites is 2. The molecule has 6 heteroatoms. The third kappa shape index (κ3) is 4.07. The molecule has 174 valence electrons. The Labute approximate surface area is 199 Å². The fraction of sp³-hybridized carbons (Fsp3) is 0.250. The van der Waals surface area contributed by atoms with E-state index in [9.17, 15) is 9.90 Å². The van der Waals surface area contributed by atoms with Crippen LogP contribution in [0.4, 0.5) is 11.4 Å². The van der Waals surface area contributed by atoms with E-state index in [0.717, 1.165) is 33.9 Å². The maximum Gasteiger partial charge on any atom is 0.161 e. The average molecular weight is 457 g/mol. The molecule has 3 atom stereocenters. The summed E-state index contributed by atoms with van der Waals surface area (Å²) in [5.41, 5.74) is 4.68. The van der Waals surface area contributed by atoms with E-state index in [-0.39, 0.29) is 23.5 Å². The third-order valence-electron chi connectivity index (χ3n) is 6.52. The zero-order chi connectivity index (χ0) is 23.7. The van der Waals surface area contributed by atoms with E-state index in [1.54, 1.807) is 13.2 Å². The van der Waals surface area contributed by atoms with Crippen molar-refractivity contribution in [2.75, 3.05) is 24.4 Å². The summed E-state index contributed by atoms with van der Waals surface area (Å²) < 4.78 is 10.9. The molecule has 1 heterocycles. The number of fused-ring (bicyclic) bond motifs is 2. The minimum Gasteiger partial charge on any atom is -0.504 e. The number of phenolic OH excluding ortho intramolecular Hbond substituents is 1. The SMILES string of the molecule is CCOc1cc(C2Nc3ccccc3NC3=CC(c4ccc(OC)cc4)CC(=O)C32)ccc1O. The summed E-state index contributed by atoms with van der Waals surface area (Å²) in [6.07, 6.45) is 2.58. The fourth-order valence-electron chi connectivity index (χ4n) is 4.84.